The van der Waals surface area contributed by atoms with Crippen LogP contribution in [-0.2, 0) is 0 Å². The van der Waals surface area contributed by atoms with Gasteiger partial charge in [-0.2, -0.15) is 5.92 Å². The van der Waals surface area contributed by atoms with E-state index in [2.05, 4.69) is 6.92 Å². The second-order valence-electron chi connectivity index (χ2n) is 2.15. The largest absolute Gasteiger partial charge is 0.340 e. The highest BCUT2D eigenvalue weighted by Crippen LogP contribution is 2.22. The van der Waals surface area contributed by atoms with Crippen molar-refractivity contribution in [2.45, 2.75) is 25.7 Å². The van der Waals surface area contributed by atoms with Gasteiger partial charge in [-0.25, -0.2) is 0 Å². The van der Waals surface area contributed by atoms with E-state index in [0.717, 1.165) is 5.92 Å². The molecule has 0 bridgehead atoms. The second-order valence-corrected chi connectivity index (χ2v) is 2.15. The van der Waals surface area contributed by atoms with E-state index in [1.165, 1.54) is 25.7 Å². The summed E-state index contributed by atoms with van der Waals surface area (Å²) in [5.41, 5.74) is 0. The van der Waals surface area contributed by atoms with Crippen LogP contribution >= 0.6 is 0 Å². The Bertz CT molecular complexity index is 33.3. The average Bonchev–Trinajstić information content (AvgIpc) is 1.86. The summed E-state index contributed by atoms with van der Waals surface area (Å²) in [5.74, 6) is 0.796. The molecule has 1 fully saturated rings. The van der Waals surface area contributed by atoms with Gasteiger partial charge in [0.25, 0.3) is 0 Å². The lowest BCUT2D eigenvalue weighted by Crippen LogP contribution is -1.79. The van der Waals surface area contributed by atoms with Crippen LogP contribution in [0.2, 0.25) is 0 Å². The third-order valence-corrected chi connectivity index (χ3v) is 1.47. The topological polar surface area (TPSA) is 0 Å². The molecule has 0 amide bonds. The molecule has 0 aliphatic heterocycles. The van der Waals surface area contributed by atoms with Gasteiger partial charge >= 0.3 is 0 Å². The Morgan fingerprint density at radius 3 is 1.83 bits per heavy atom. The van der Waals surface area contributed by atoms with Gasteiger partial charge in [0, 0.05) is 0 Å². The van der Waals surface area contributed by atoms with E-state index in [0.29, 0.717) is 0 Å². The van der Waals surface area contributed by atoms with Crippen molar-refractivity contribution in [3.05, 3.63) is 6.92 Å². The maximum atomic E-state index is 3.94. The molecule has 0 spiro atoms. The van der Waals surface area contributed by atoms with Gasteiger partial charge in [-0.05, 0) is 0 Å². The number of hydrogen-bond acceptors (Lipinski definition) is 0. The zero-order valence-corrected chi connectivity index (χ0v) is 4.11. The van der Waals surface area contributed by atoms with E-state index in [4.69, 9.17) is 0 Å². The highest BCUT2D eigenvalue weighted by atomic mass is 14.1. The van der Waals surface area contributed by atoms with Crippen molar-refractivity contribution < 1.29 is 0 Å². The first-order chi connectivity index (χ1) is 2.89. The van der Waals surface area contributed by atoms with Crippen molar-refractivity contribution in [1.29, 1.82) is 0 Å². The molecule has 0 radical (unpaired) electrons. The number of hydrogen-bond donors (Lipinski definition) is 0. The summed E-state index contributed by atoms with van der Waals surface area (Å²) in [6, 6.07) is 0. The van der Waals surface area contributed by atoms with Gasteiger partial charge in [0.2, 0.25) is 0 Å². The van der Waals surface area contributed by atoms with E-state index in [-0.39, 0.29) is 0 Å². The summed E-state index contributed by atoms with van der Waals surface area (Å²) in [7, 11) is 0. The normalized spacial score (nSPS) is 25.5. The first kappa shape index (κ1) is 4.17. The Kier molecular flexibility index (Phi) is 1.13. The fourth-order valence-corrected chi connectivity index (χ4v) is 1.01. The standard InChI is InChI=1S/C6H11/c1-6-4-2-3-5-6/h6H,1-5H2/q-1. The van der Waals surface area contributed by atoms with E-state index >= 15 is 0 Å². The lowest BCUT2D eigenvalue weighted by atomic mass is 10.2. The van der Waals surface area contributed by atoms with Crippen LogP contribution < -0.4 is 0 Å². The maximum absolute atomic E-state index is 3.94. The van der Waals surface area contributed by atoms with Crippen LogP contribution in [0, 0.1) is 12.8 Å². The molecule has 0 aromatic rings. The summed E-state index contributed by atoms with van der Waals surface area (Å²) in [5, 5.41) is 0. The summed E-state index contributed by atoms with van der Waals surface area (Å²) in [6.07, 6.45) is 5.60. The predicted octanol–water partition coefficient (Wildman–Crippen LogP) is 2.01. The van der Waals surface area contributed by atoms with Crippen LogP contribution in [0.1, 0.15) is 25.7 Å². The fourth-order valence-electron chi connectivity index (χ4n) is 1.01. The van der Waals surface area contributed by atoms with Crippen LogP contribution in [0.4, 0.5) is 0 Å². The lowest BCUT2D eigenvalue weighted by molar-refractivity contribution is 0.681. The Hall–Kier alpha value is 0. The van der Waals surface area contributed by atoms with E-state index in [9.17, 15) is 0 Å². The van der Waals surface area contributed by atoms with Crippen molar-refractivity contribution in [2.24, 2.45) is 5.92 Å². The Balaban J connectivity index is 2.18. The van der Waals surface area contributed by atoms with Gasteiger partial charge in [-0.3, -0.25) is 0 Å². The third kappa shape index (κ3) is 0.735. The van der Waals surface area contributed by atoms with Crippen LogP contribution in [0.3, 0.4) is 0 Å². The SMILES string of the molecule is [CH2-]C1CCCC1. The molecule has 1 saturated carbocycles. The van der Waals surface area contributed by atoms with Gasteiger partial charge in [0.05, 0.1) is 0 Å². The quantitative estimate of drug-likeness (QED) is 0.393. The molecule has 1 aliphatic carbocycles. The van der Waals surface area contributed by atoms with Crippen LogP contribution in [0.25, 0.3) is 0 Å². The first-order valence-corrected chi connectivity index (χ1v) is 2.72. The van der Waals surface area contributed by atoms with E-state index < -0.39 is 0 Å². The summed E-state index contributed by atoms with van der Waals surface area (Å²) in [6.45, 7) is 3.94. The molecular weight excluding hydrogens is 72.1 g/mol. The second kappa shape index (κ2) is 1.63. The van der Waals surface area contributed by atoms with E-state index in [1.807, 2.05) is 0 Å². The molecule has 1 aliphatic rings. The Morgan fingerprint density at radius 2 is 1.67 bits per heavy atom. The molecule has 0 atom stereocenters. The van der Waals surface area contributed by atoms with Crippen LogP contribution in [-0.4, -0.2) is 0 Å². The zero-order valence-electron chi connectivity index (χ0n) is 4.11. The third-order valence-electron chi connectivity index (χ3n) is 1.47. The molecule has 0 nitrogen and oxygen atoms in total. The molecule has 0 aromatic carbocycles. The van der Waals surface area contributed by atoms with E-state index in [1.54, 1.807) is 0 Å². The Labute approximate surface area is 39.6 Å². The Morgan fingerprint density at radius 1 is 1.17 bits per heavy atom. The van der Waals surface area contributed by atoms with Gasteiger partial charge in [0.1, 0.15) is 0 Å². The average molecular weight is 83.2 g/mol. The molecule has 0 unspecified atom stereocenters. The van der Waals surface area contributed by atoms with Gasteiger partial charge in [0.15, 0.2) is 0 Å². The minimum Gasteiger partial charge on any atom is -0.340 e. The summed E-state index contributed by atoms with van der Waals surface area (Å²) in [4.78, 5) is 0. The fraction of sp³-hybridized carbons (Fsp3) is 0.833. The monoisotopic (exact) mass is 83.1 g/mol. The number of rotatable bonds is 0. The first-order valence-electron chi connectivity index (χ1n) is 2.72. The summed E-state index contributed by atoms with van der Waals surface area (Å²) < 4.78 is 0. The highest BCUT2D eigenvalue weighted by molar-refractivity contribution is 4.67. The molecule has 6 heavy (non-hydrogen) atoms. The smallest absolute Gasteiger partial charge is 0.0556 e. The predicted molar refractivity (Wildman–Crippen MR) is 27.3 cm³/mol. The van der Waals surface area contributed by atoms with Crippen molar-refractivity contribution in [3.63, 3.8) is 0 Å². The highest BCUT2D eigenvalue weighted by Gasteiger charge is 2.01. The minimum absolute atomic E-state index is 0.796. The molecular formula is C6H11-. The van der Waals surface area contributed by atoms with Crippen molar-refractivity contribution in [3.8, 4) is 0 Å². The van der Waals surface area contributed by atoms with Gasteiger partial charge in [-0.15, -0.1) is 0 Å². The van der Waals surface area contributed by atoms with Crippen LogP contribution in [0.5, 0.6) is 0 Å². The zero-order chi connectivity index (χ0) is 4.41. The van der Waals surface area contributed by atoms with Crippen molar-refractivity contribution >= 4 is 0 Å². The van der Waals surface area contributed by atoms with Crippen LogP contribution in [0.15, 0.2) is 0 Å². The molecule has 0 aromatic heterocycles. The molecule has 36 valence electrons. The summed E-state index contributed by atoms with van der Waals surface area (Å²) >= 11 is 0. The molecule has 0 heteroatoms. The molecule has 0 heterocycles. The molecule has 0 saturated heterocycles. The lowest BCUT2D eigenvalue weighted by Gasteiger charge is -2.02. The maximum Gasteiger partial charge on any atom is -0.0556 e. The van der Waals surface area contributed by atoms with Crippen molar-refractivity contribution in [2.75, 3.05) is 0 Å². The van der Waals surface area contributed by atoms with Gasteiger partial charge in [-0.1, -0.05) is 25.7 Å². The molecule has 0 N–H and O–H groups in total. The van der Waals surface area contributed by atoms with Gasteiger partial charge < -0.3 is 6.92 Å². The minimum atomic E-state index is 0.796. The molecule has 1 rings (SSSR count). The van der Waals surface area contributed by atoms with Crippen molar-refractivity contribution in [1.82, 2.24) is 0 Å².